The van der Waals surface area contributed by atoms with Crippen molar-refractivity contribution < 1.29 is 4.74 Å². The molecule has 0 saturated carbocycles. The molecule has 2 rings (SSSR count). The van der Waals surface area contributed by atoms with Crippen molar-refractivity contribution in [2.75, 3.05) is 13.7 Å². The summed E-state index contributed by atoms with van der Waals surface area (Å²) in [5.41, 5.74) is 9.45. The monoisotopic (exact) mass is 227 g/mol. The van der Waals surface area contributed by atoms with Crippen molar-refractivity contribution in [3.63, 3.8) is 0 Å². The Kier molecular flexibility index (Phi) is 3.48. The molecule has 2 aromatic carbocycles. The van der Waals surface area contributed by atoms with E-state index in [-0.39, 0.29) is 0 Å². The lowest BCUT2D eigenvalue weighted by molar-refractivity contribution is 0.415. The molecule has 0 bridgehead atoms. The molecule has 17 heavy (non-hydrogen) atoms. The summed E-state index contributed by atoms with van der Waals surface area (Å²) in [5, 5.41) is 5.89. The average molecular weight is 227 g/mol. The summed E-state index contributed by atoms with van der Waals surface area (Å²) >= 11 is 0. The molecule has 2 aromatic rings. The number of nitrogens with zero attached hydrogens (tertiary/aromatic N) is 3. The van der Waals surface area contributed by atoms with Crippen LogP contribution >= 0.6 is 0 Å². The quantitative estimate of drug-likeness (QED) is 0.446. The van der Waals surface area contributed by atoms with E-state index >= 15 is 0 Å². The van der Waals surface area contributed by atoms with Gasteiger partial charge in [-0.2, -0.15) is 0 Å². The number of ether oxygens (including phenoxy) is 1. The van der Waals surface area contributed by atoms with Gasteiger partial charge in [-0.25, -0.2) is 0 Å². The van der Waals surface area contributed by atoms with Crippen LogP contribution in [0.1, 0.15) is 5.56 Å². The summed E-state index contributed by atoms with van der Waals surface area (Å²) in [4.78, 5) is 2.76. The molecule has 0 heterocycles. The van der Waals surface area contributed by atoms with Crippen LogP contribution in [-0.4, -0.2) is 13.7 Å². The lowest BCUT2D eigenvalue weighted by Gasteiger charge is -2.07. The van der Waals surface area contributed by atoms with Gasteiger partial charge in [0.15, 0.2) is 0 Å². The van der Waals surface area contributed by atoms with Crippen molar-refractivity contribution in [1.82, 2.24) is 0 Å². The molecule has 0 N–H and O–H groups in total. The molecule has 0 radical (unpaired) electrons. The minimum absolute atomic E-state index is 0.479. The van der Waals surface area contributed by atoms with Crippen LogP contribution in [0.4, 0.5) is 0 Å². The lowest BCUT2D eigenvalue weighted by atomic mass is 10.0. The molecule has 4 nitrogen and oxygen atoms in total. The summed E-state index contributed by atoms with van der Waals surface area (Å²) < 4.78 is 5.22. The van der Waals surface area contributed by atoms with Gasteiger partial charge in [0.05, 0.1) is 7.11 Å². The topological polar surface area (TPSA) is 58.0 Å². The maximum atomic E-state index is 8.28. The first kappa shape index (κ1) is 11.3. The van der Waals surface area contributed by atoms with E-state index in [1.54, 1.807) is 7.11 Å². The summed E-state index contributed by atoms with van der Waals surface area (Å²) in [6, 6.07) is 12.1. The predicted octanol–water partition coefficient (Wildman–Crippen LogP) is 3.70. The molecule has 0 unspecified atom stereocenters. The van der Waals surface area contributed by atoms with Gasteiger partial charge in [-0.3, -0.25) is 0 Å². The van der Waals surface area contributed by atoms with Gasteiger partial charge in [-0.1, -0.05) is 29.4 Å². The third kappa shape index (κ3) is 2.49. The van der Waals surface area contributed by atoms with Crippen molar-refractivity contribution in [3.05, 3.63) is 52.4 Å². The van der Waals surface area contributed by atoms with E-state index in [1.165, 1.54) is 10.9 Å². The maximum Gasteiger partial charge on any atom is 0.119 e. The van der Waals surface area contributed by atoms with Gasteiger partial charge >= 0.3 is 0 Å². The van der Waals surface area contributed by atoms with Gasteiger partial charge in [0.25, 0.3) is 0 Å². The summed E-state index contributed by atoms with van der Waals surface area (Å²) in [7, 11) is 1.66. The van der Waals surface area contributed by atoms with Crippen LogP contribution in [0.5, 0.6) is 5.75 Å². The zero-order valence-electron chi connectivity index (χ0n) is 9.63. The molecule has 0 aromatic heterocycles. The molecule has 0 aliphatic carbocycles. The molecular weight excluding hydrogens is 214 g/mol. The Morgan fingerprint density at radius 3 is 2.94 bits per heavy atom. The third-order valence-corrected chi connectivity index (χ3v) is 2.72. The third-order valence-electron chi connectivity index (χ3n) is 2.72. The van der Waals surface area contributed by atoms with E-state index in [0.717, 1.165) is 17.6 Å². The Bertz CT molecular complexity index is 574. The van der Waals surface area contributed by atoms with Crippen LogP contribution in [0.25, 0.3) is 21.2 Å². The van der Waals surface area contributed by atoms with Crippen LogP contribution in [0.3, 0.4) is 0 Å². The fraction of sp³-hybridized carbons (Fsp3) is 0.231. The van der Waals surface area contributed by atoms with Gasteiger partial charge in [0, 0.05) is 11.5 Å². The van der Waals surface area contributed by atoms with Crippen LogP contribution < -0.4 is 4.74 Å². The number of hydrogen-bond acceptors (Lipinski definition) is 2. The first-order valence-electron chi connectivity index (χ1n) is 5.41. The number of rotatable bonds is 4. The molecule has 86 valence electrons. The van der Waals surface area contributed by atoms with Crippen molar-refractivity contribution >= 4 is 10.8 Å². The largest absolute Gasteiger partial charge is 0.497 e. The van der Waals surface area contributed by atoms with Crippen LogP contribution in [0, 0.1) is 0 Å². The van der Waals surface area contributed by atoms with E-state index < -0.39 is 0 Å². The standard InChI is InChI=1S/C13H13N3O/c1-17-12-6-5-10-3-2-4-11(13(10)9-12)7-8-15-16-14/h2-6,9H,7-8H2,1H3. The average Bonchev–Trinajstić information content (AvgIpc) is 2.39. The zero-order chi connectivity index (χ0) is 12.1. The van der Waals surface area contributed by atoms with Crippen molar-refractivity contribution in [1.29, 1.82) is 0 Å². The number of fused-ring (bicyclic) bond motifs is 1. The highest BCUT2D eigenvalue weighted by molar-refractivity contribution is 5.87. The summed E-state index contributed by atoms with van der Waals surface area (Å²) in [5.74, 6) is 0.841. The molecule has 0 atom stereocenters. The Balaban J connectivity index is 2.42. The van der Waals surface area contributed by atoms with Gasteiger partial charge in [-0.05, 0) is 40.4 Å². The zero-order valence-corrected chi connectivity index (χ0v) is 9.63. The first-order valence-corrected chi connectivity index (χ1v) is 5.41. The van der Waals surface area contributed by atoms with Crippen LogP contribution in [-0.2, 0) is 6.42 Å². The predicted molar refractivity (Wildman–Crippen MR) is 68.2 cm³/mol. The minimum atomic E-state index is 0.479. The molecule has 0 saturated heterocycles. The van der Waals surface area contributed by atoms with E-state index in [1.807, 2.05) is 24.3 Å². The minimum Gasteiger partial charge on any atom is -0.497 e. The van der Waals surface area contributed by atoms with E-state index in [0.29, 0.717) is 6.54 Å². The smallest absolute Gasteiger partial charge is 0.119 e. The SMILES string of the molecule is COc1ccc2cccc(CCN=[N+]=[N-])c2c1. The number of benzene rings is 2. The Morgan fingerprint density at radius 2 is 2.18 bits per heavy atom. The molecular formula is C13H13N3O. The Morgan fingerprint density at radius 1 is 1.29 bits per heavy atom. The normalized spacial score (nSPS) is 9.94. The van der Waals surface area contributed by atoms with E-state index in [4.69, 9.17) is 10.3 Å². The highest BCUT2D eigenvalue weighted by Crippen LogP contribution is 2.24. The fourth-order valence-electron chi connectivity index (χ4n) is 1.88. The second kappa shape index (κ2) is 5.23. The van der Waals surface area contributed by atoms with Crippen molar-refractivity contribution in [2.24, 2.45) is 5.11 Å². The second-order valence-corrected chi connectivity index (χ2v) is 3.71. The first-order chi connectivity index (χ1) is 8.35. The molecule has 0 amide bonds. The van der Waals surface area contributed by atoms with E-state index in [2.05, 4.69) is 22.2 Å². The maximum absolute atomic E-state index is 8.28. The highest BCUT2D eigenvalue weighted by Gasteiger charge is 2.02. The molecule has 0 aliphatic heterocycles. The molecule has 0 spiro atoms. The van der Waals surface area contributed by atoms with Crippen LogP contribution in [0.2, 0.25) is 0 Å². The second-order valence-electron chi connectivity index (χ2n) is 3.71. The fourth-order valence-corrected chi connectivity index (χ4v) is 1.88. The van der Waals surface area contributed by atoms with Crippen molar-refractivity contribution in [3.8, 4) is 5.75 Å². The summed E-state index contributed by atoms with van der Waals surface area (Å²) in [6.07, 6.45) is 0.745. The molecule has 0 aliphatic rings. The summed E-state index contributed by atoms with van der Waals surface area (Å²) in [6.45, 7) is 0.479. The van der Waals surface area contributed by atoms with Gasteiger partial charge in [0.2, 0.25) is 0 Å². The number of hydrogen-bond donors (Lipinski definition) is 0. The lowest BCUT2D eigenvalue weighted by Crippen LogP contribution is -1.91. The Labute approximate surface area is 99.5 Å². The Hall–Kier alpha value is -2.19. The highest BCUT2D eigenvalue weighted by atomic mass is 16.5. The van der Waals surface area contributed by atoms with Gasteiger partial charge in [0.1, 0.15) is 5.75 Å². The van der Waals surface area contributed by atoms with Crippen molar-refractivity contribution in [2.45, 2.75) is 6.42 Å². The van der Waals surface area contributed by atoms with E-state index in [9.17, 15) is 0 Å². The van der Waals surface area contributed by atoms with Crippen LogP contribution in [0.15, 0.2) is 41.5 Å². The number of methoxy groups -OCH3 is 1. The van der Waals surface area contributed by atoms with Gasteiger partial charge < -0.3 is 4.74 Å². The molecule has 0 fully saturated rings. The van der Waals surface area contributed by atoms with Gasteiger partial charge in [-0.15, -0.1) is 0 Å². The molecule has 4 heteroatoms. The number of azide groups is 1.